The van der Waals surface area contributed by atoms with Crippen LogP contribution in [0.25, 0.3) is 0 Å². The normalized spacial score (nSPS) is 15.0. The molecule has 1 nitrogen and oxygen atoms in total. The first-order valence-electron chi connectivity index (χ1n) is 7.91. The molecule has 0 aliphatic carbocycles. The number of nitrogens with one attached hydrogen (secondary N) is 1. The van der Waals surface area contributed by atoms with Gasteiger partial charge in [0.1, 0.15) is 0 Å². The van der Waals surface area contributed by atoms with Crippen molar-refractivity contribution in [2.45, 2.75) is 59.9 Å². The number of hydrogen-bond donors (Lipinski definition) is 1. The fourth-order valence-electron chi connectivity index (χ4n) is 2.32. The van der Waals surface area contributed by atoms with Gasteiger partial charge in [-0.15, -0.1) is 0 Å². The van der Waals surface area contributed by atoms with Crippen molar-refractivity contribution in [1.29, 1.82) is 0 Å². The highest BCUT2D eigenvalue weighted by atomic mass is 19.2. The van der Waals surface area contributed by atoms with Gasteiger partial charge in [-0.05, 0) is 54.8 Å². The van der Waals surface area contributed by atoms with E-state index in [1.54, 1.807) is 6.07 Å². The van der Waals surface area contributed by atoms with Crippen molar-refractivity contribution < 1.29 is 8.78 Å². The van der Waals surface area contributed by atoms with Crippen LogP contribution in [0.3, 0.4) is 0 Å². The molecule has 2 unspecified atom stereocenters. The standard InChI is InChI=1S/C18H29F2N/c1-6-9-21-15(10-13(2)18(3,4)5)11-14-7-8-16(19)17(20)12-14/h7-8,12-13,15,21H,6,9-11H2,1-5H3. The maximum absolute atomic E-state index is 13.3. The number of benzene rings is 1. The van der Waals surface area contributed by atoms with Gasteiger partial charge in [-0.3, -0.25) is 0 Å². The van der Waals surface area contributed by atoms with Gasteiger partial charge >= 0.3 is 0 Å². The molecule has 3 heteroatoms. The zero-order chi connectivity index (χ0) is 16.0. The summed E-state index contributed by atoms with van der Waals surface area (Å²) in [5.41, 5.74) is 1.10. The van der Waals surface area contributed by atoms with Crippen LogP contribution in [-0.4, -0.2) is 12.6 Å². The molecule has 120 valence electrons. The van der Waals surface area contributed by atoms with Crippen LogP contribution in [-0.2, 0) is 6.42 Å². The smallest absolute Gasteiger partial charge is 0.159 e. The quantitative estimate of drug-likeness (QED) is 0.751. The predicted octanol–water partition coefficient (Wildman–Crippen LogP) is 4.95. The molecule has 21 heavy (non-hydrogen) atoms. The highest BCUT2D eigenvalue weighted by Crippen LogP contribution is 2.29. The van der Waals surface area contributed by atoms with Crippen LogP contribution < -0.4 is 5.32 Å². The van der Waals surface area contributed by atoms with E-state index < -0.39 is 11.6 Å². The second-order valence-electron chi connectivity index (χ2n) is 7.11. The second-order valence-corrected chi connectivity index (χ2v) is 7.11. The summed E-state index contributed by atoms with van der Waals surface area (Å²) in [6.45, 7) is 12.1. The van der Waals surface area contributed by atoms with Crippen molar-refractivity contribution in [1.82, 2.24) is 5.32 Å². The third-order valence-electron chi connectivity index (χ3n) is 4.27. The molecule has 0 aliphatic heterocycles. The van der Waals surface area contributed by atoms with E-state index in [0.29, 0.717) is 12.0 Å². The molecule has 0 bridgehead atoms. The Labute approximate surface area is 128 Å². The summed E-state index contributed by atoms with van der Waals surface area (Å²) in [6.07, 6.45) is 2.83. The molecule has 0 saturated carbocycles. The highest BCUT2D eigenvalue weighted by molar-refractivity contribution is 5.18. The minimum Gasteiger partial charge on any atom is -0.314 e. The van der Waals surface area contributed by atoms with Crippen molar-refractivity contribution in [2.24, 2.45) is 11.3 Å². The molecule has 0 amide bonds. The molecule has 0 fully saturated rings. The summed E-state index contributed by atoms with van der Waals surface area (Å²) in [5, 5.41) is 3.54. The Morgan fingerprint density at radius 1 is 1.14 bits per heavy atom. The van der Waals surface area contributed by atoms with Crippen LogP contribution in [0.15, 0.2) is 18.2 Å². The summed E-state index contributed by atoms with van der Waals surface area (Å²) >= 11 is 0. The fourth-order valence-corrected chi connectivity index (χ4v) is 2.32. The Bertz CT molecular complexity index is 437. The van der Waals surface area contributed by atoms with Crippen LogP contribution in [0.2, 0.25) is 0 Å². The van der Waals surface area contributed by atoms with Gasteiger partial charge in [-0.1, -0.05) is 40.7 Å². The lowest BCUT2D eigenvalue weighted by Gasteiger charge is -2.31. The number of hydrogen-bond acceptors (Lipinski definition) is 1. The van der Waals surface area contributed by atoms with E-state index in [0.717, 1.165) is 31.4 Å². The van der Waals surface area contributed by atoms with Gasteiger partial charge in [-0.2, -0.15) is 0 Å². The lowest BCUT2D eigenvalue weighted by Crippen LogP contribution is -2.35. The lowest BCUT2D eigenvalue weighted by atomic mass is 9.78. The van der Waals surface area contributed by atoms with Crippen LogP contribution in [0.5, 0.6) is 0 Å². The third kappa shape index (κ3) is 6.13. The van der Waals surface area contributed by atoms with Gasteiger partial charge < -0.3 is 5.32 Å². The topological polar surface area (TPSA) is 12.0 Å². The van der Waals surface area contributed by atoms with Crippen LogP contribution in [0.4, 0.5) is 8.78 Å². The van der Waals surface area contributed by atoms with E-state index in [2.05, 4.69) is 39.9 Å². The van der Waals surface area contributed by atoms with Gasteiger partial charge in [0.25, 0.3) is 0 Å². The molecule has 1 aromatic rings. The van der Waals surface area contributed by atoms with Gasteiger partial charge in [0.2, 0.25) is 0 Å². The molecule has 2 atom stereocenters. The summed E-state index contributed by atoms with van der Waals surface area (Å²) in [6, 6.07) is 4.51. The van der Waals surface area contributed by atoms with Crippen molar-refractivity contribution in [3.05, 3.63) is 35.4 Å². The number of rotatable bonds is 7. The molecule has 0 heterocycles. The first-order chi connectivity index (χ1) is 9.74. The molecule has 0 aromatic heterocycles. The molecule has 0 spiro atoms. The number of halogens is 2. The molecule has 1 N–H and O–H groups in total. The second kappa shape index (κ2) is 7.88. The molecule has 1 aromatic carbocycles. The van der Waals surface area contributed by atoms with E-state index in [4.69, 9.17) is 0 Å². The summed E-state index contributed by atoms with van der Waals surface area (Å²) < 4.78 is 26.4. The van der Waals surface area contributed by atoms with Crippen LogP contribution in [0.1, 0.15) is 53.0 Å². The van der Waals surface area contributed by atoms with E-state index >= 15 is 0 Å². The molecular weight excluding hydrogens is 268 g/mol. The molecular formula is C18H29F2N. The zero-order valence-corrected chi connectivity index (χ0v) is 14.0. The van der Waals surface area contributed by atoms with E-state index in [1.807, 2.05) is 0 Å². The Hall–Kier alpha value is -0.960. The lowest BCUT2D eigenvalue weighted by molar-refractivity contribution is 0.222. The van der Waals surface area contributed by atoms with E-state index in [-0.39, 0.29) is 5.41 Å². The fraction of sp³-hybridized carbons (Fsp3) is 0.667. The van der Waals surface area contributed by atoms with Crippen molar-refractivity contribution >= 4 is 0 Å². The van der Waals surface area contributed by atoms with Crippen molar-refractivity contribution in [3.63, 3.8) is 0 Å². The van der Waals surface area contributed by atoms with Crippen LogP contribution in [0, 0.1) is 23.0 Å². The summed E-state index contributed by atoms with van der Waals surface area (Å²) in [4.78, 5) is 0. The highest BCUT2D eigenvalue weighted by Gasteiger charge is 2.23. The first kappa shape index (κ1) is 18.1. The Balaban J connectivity index is 2.75. The summed E-state index contributed by atoms with van der Waals surface area (Å²) in [7, 11) is 0. The van der Waals surface area contributed by atoms with Gasteiger partial charge in [0.15, 0.2) is 11.6 Å². The average molecular weight is 297 g/mol. The minimum absolute atomic E-state index is 0.250. The van der Waals surface area contributed by atoms with Crippen molar-refractivity contribution in [2.75, 3.05) is 6.54 Å². The van der Waals surface area contributed by atoms with Gasteiger partial charge in [-0.25, -0.2) is 8.78 Å². The van der Waals surface area contributed by atoms with E-state index in [9.17, 15) is 8.78 Å². The first-order valence-corrected chi connectivity index (χ1v) is 7.91. The third-order valence-corrected chi connectivity index (χ3v) is 4.27. The predicted molar refractivity (Wildman–Crippen MR) is 85.4 cm³/mol. The molecule has 0 radical (unpaired) electrons. The average Bonchev–Trinajstić information content (AvgIpc) is 2.39. The SMILES string of the molecule is CCCNC(Cc1ccc(F)c(F)c1)CC(C)C(C)(C)C. The monoisotopic (exact) mass is 297 g/mol. The van der Waals surface area contributed by atoms with Crippen molar-refractivity contribution in [3.8, 4) is 0 Å². The zero-order valence-electron chi connectivity index (χ0n) is 14.0. The Morgan fingerprint density at radius 2 is 1.81 bits per heavy atom. The van der Waals surface area contributed by atoms with Gasteiger partial charge in [0.05, 0.1) is 0 Å². The molecule has 0 aliphatic rings. The Morgan fingerprint density at radius 3 is 2.33 bits per heavy atom. The maximum Gasteiger partial charge on any atom is 0.159 e. The van der Waals surface area contributed by atoms with Gasteiger partial charge in [0, 0.05) is 6.04 Å². The molecule has 1 rings (SSSR count). The Kier molecular flexibility index (Phi) is 6.79. The largest absolute Gasteiger partial charge is 0.314 e. The maximum atomic E-state index is 13.3. The van der Waals surface area contributed by atoms with E-state index in [1.165, 1.54) is 12.1 Å². The minimum atomic E-state index is -0.778. The summed E-state index contributed by atoms with van der Waals surface area (Å²) in [5.74, 6) is -0.984. The molecule has 0 saturated heterocycles. The van der Waals surface area contributed by atoms with Crippen LogP contribution >= 0.6 is 0 Å².